The average molecular weight is 334 g/mol. The van der Waals surface area contributed by atoms with Crippen molar-refractivity contribution in [3.8, 4) is 23.0 Å². The summed E-state index contributed by atoms with van der Waals surface area (Å²) in [6.07, 6.45) is 0. The van der Waals surface area contributed by atoms with Crippen LogP contribution in [-0.2, 0) is 29.1 Å². The second-order valence-electron chi connectivity index (χ2n) is 3.77. The Morgan fingerprint density at radius 3 is 1.80 bits per heavy atom. The van der Waals surface area contributed by atoms with Crippen LogP contribution in [-0.4, -0.2) is 26.2 Å². The molecule has 1 aromatic carbocycles. The molecule has 0 aromatic heterocycles. The number of rotatable bonds is 4. The van der Waals surface area contributed by atoms with E-state index >= 15 is 0 Å². The number of hydrogen-bond donors (Lipinski definition) is 0. The van der Waals surface area contributed by atoms with Crippen LogP contribution in [0, 0.1) is 6.92 Å². The Hall–Kier alpha value is -1.62. The zero-order valence-electron chi connectivity index (χ0n) is 12.2. The fourth-order valence-corrected chi connectivity index (χ4v) is 1.60. The molecule has 0 unspecified atom stereocenters. The molecule has 106 valence electrons. The Morgan fingerprint density at radius 2 is 1.40 bits per heavy atom. The van der Waals surface area contributed by atoms with Crippen LogP contribution >= 0.6 is 0 Å². The summed E-state index contributed by atoms with van der Waals surface area (Å²) in [6.45, 7) is 4.26. The minimum Gasteiger partial charge on any atom is -0.490 e. The van der Waals surface area contributed by atoms with E-state index in [1.807, 2.05) is 0 Å². The smallest absolute Gasteiger partial charge is 0.308 e. The molecule has 20 heavy (non-hydrogen) atoms. The molecule has 0 aliphatic heterocycles. The molecular formula is C13H16O6Zn. The normalized spacial score (nSPS) is 9.25. The molecule has 0 bridgehead atoms. The predicted octanol–water partition coefficient (Wildman–Crippen LogP) is 1.86. The van der Waals surface area contributed by atoms with E-state index in [1.54, 1.807) is 13.0 Å². The third kappa shape index (κ3) is 4.20. The van der Waals surface area contributed by atoms with E-state index < -0.39 is 11.9 Å². The van der Waals surface area contributed by atoms with E-state index in [4.69, 9.17) is 18.9 Å². The van der Waals surface area contributed by atoms with Gasteiger partial charge in [-0.15, -0.1) is 0 Å². The largest absolute Gasteiger partial charge is 0.490 e. The van der Waals surface area contributed by atoms with Crippen LogP contribution in [0.5, 0.6) is 23.0 Å². The number of aryl methyl sites for hydroxylation is 1. The predicted molar refractivity (Wildman–Crippen MR) is 66.9 cm³/mol. The van der Waals surface area contributed by atoms with Gasteiger partial charge >= 0.3 is 11.9 Å². The Morgan fingerprint density at radius 1 is 0.900 bits per heavy atom. The average Bonchev–Trinajstić information content (AvgIpc) is 2.30. The summed E-state index contributed by atoms with van der Waals surface area (Å²) in [5, 5.41) is 0. The maximum atomic E-state index is 11.1. The Balaban J connectivity index is 0.00000361. The van der Waals surface area contributed by atoms with Crippen LogP contribution in [0.3, 0.4) is 0 Å². The molecule has 0 aliphatic carbocycles. The van der Waals surface area contributed by atoms with E-state index in [9.17, 15) is 9.59 Å². The van der Waals surface area contributed by atoms with Crippen molar-refractivity contribution in [2.24, 2.45) is 0 Å². The maximum Gasteiger partial charge on any atom is 0.308 e. The molecule has 0 saturated heterocycles. The van der Waals surface area contributed by atoms with Crippen LogP contribution < -0.4 is 18.9 Å². The summed E-state index contributed by atoms with van der Waals surface area (Å²) in [7, 11) is 2.81. The standard InChI is InChI=1S/C13H16O6.Zn/c1-7-6-10(18-8(2)14)12(16-4)13(17-5)11(7)19-9(3)15;/h6H,1-5H3;. The van der Waals surface area contributed by atoms with E-state index in [1.165, 1.54) is 28.1 Å². The van der Waals surface area contributed by atoms with Gasteiger partial charge in [0.25, 0.3) is 0 Å². The van der Waals surface area contributed by atoms with Gasteiger partial charge in [-0.3, -0.25) is 9.59 Å². The number of hydrogen-bond acceptors (Lipinski definition) is 6. The fourth-order valence-electron chi connectivity index (χ4n) is 1.60. The summed E-state index contributed by atoms with van der Waals surface area (Å²) < 4.78 is 20.5. The third-order valence-electron chi connectivity index (χ3n) is 2.25. The maximum absolute atomic E-state index is 11.1. The van der Waals surface area contributed by atoms with E-state index in [2.05, 4.69) is 0 Å². The molecule has 6 nitrogen and oxygen atoms in total. The first kappa shape index (κ1) is 18.4. The second kappa shape index (κ2) is 7.85. The van der Waals surface area contributed by atoms with Crippen LogP contribution in [0.15, 0.2) is 6.07 Å². The van der Waals surface area contributed by atoms with Gasteiger partial charge in [0.1, 0.15) is 0 Å². The topological polar surface area (TPSA) is 71.1 Å². The minimum absolute atomic E-state index is 0. The molecule has 0 aliphatic rings. The number of carbonyl (C=O) groups is 2. The van der Waals surface area contributed by atoms with Gasteiger partial charge in [-0.05, 0) is 18.6 Å². The van der Waals surface area contributed by atoms with E-state index in [0.29, 0.717) is 5.56 Å². The van der Waals surface area contributed by atoms with Gasteiger partial charge in [0.05, 0.1) is 14.2 Å². The first-order chi connectivity index (χ1) is 8.90. The molecule has 0 fully saturated rings. The minimum atomic E-state index is -0.486. The molecule has 0 amide bonds. The second-order valence-corrected chi connectivity index (χ2v) is 3.77. The Bertz CT molecular complexity index is 512. The van der Waals surface area contributed by atoms with Crippen LogP contribution in [0.1, 0.15) is 19.4 Å². The van der Waals surface area contributed by atoms with Crippen molar-refractivity contribution < 1.29 is 48.0 Å². The summed E-state index contributed by atoms with van der Waals surface area (Å²) >= 11 is 0. The van der Waals surface area contributed by atoms with Crippen molar-refractivity contribution in [3.05, 3.63) is 11.6 Å². The van der Waals surface area contributed by atoms with Crippen molar-refractivity contribution >= 4 is 11.9 Å². The summed E-state index contributed by atoms with van der Waals surface area (Å²) in [4.78, 5) is 22.1. The van der Waals surface area contributed by atoms with Gasteiger partial charge in [0, 0.05) is 33.3 Å². The molecule has 0 atom stereocenters. The Labute approximate surface area is 130 Å². The van der Waals surface area contributed by atoms with E-state index in [-0.39, 0.29) is 42.5 Å². The van der Waals surface area contributed by atoms with Gasteiger partial charge in [0.2, 0.25) is 11.5 Å². The van der Waals surface area contributed by atoms with Gasteiger partial charge in [-0.1, -0.05) is 0 Å². The summed E-state index contributed by atoms with van der Waals surface area (Å²) in [6, 6.07) is 1.54. The van der Waals surface area contributed by atoms with Gasteiger partial charge < -0.3 is 18.9 Å². The van der Waals surface area contributed by atoms with Crippen LogP contribution in [0.25, 0.3) is 0 Å². The molecule has 0 N–H and O–H groups in total. The number of methoxy groups -OCH3 is 2. The summed E-state index contributed by atoms with van der Waals surface area (Å²) in [5.74, 6) is -0.125. The molecule has 0 spiro atoms. The molecular weight excluding hydrogens is 318 g/mol. The zero-order chi connectivity index (χ0) is 14.6. The van der Waals surface area contributed by atoms with E-state index in [0.717, 1.165) is 0 Å². The van der Waals surface area contributed by atoms with Crippen molar-refractivity contribution in [1.82, 2.24) is 0 Å². The molecule has 7 heteroatoms. The third-order valence-corrected chi connectivity index (χ3v) is 2.25. The monoisotopic (exact) mass is 332 g/mol. The van der Waals surface area contributed by atoms with Gasteiger partial charge in [-0.2, -0.15) is 0 Å². The molecule has 1 rings (SSSR count). The van der Waals surface area contributed by atoms with Crippen molar-refractivity contribution in [3.63, 3.8) is 0 Å². The quantitative estimate of drug-likeness (QED) is 0.476. The van der Waals surface area contributed by atoms with Crippen molar-refractivity contribution in [2.45, 2.75) is 20.8 Å². The van der Waals surface area contributed by atoms with Gasteiger partial charge in [-0.25, -0.2) is 0 Å². The molecule has 0 saturated carbocycles. The molecule has 0 radical (unpaired) electrons. The van der Waals surface area contributed by atoms with Crippen LogP contribution in [0.4, 0.5) is 0 Å². The first-order valence-corrected chi connectivity index (χ1v) is 5.53. The SMILES string of the molecule is COc1c(OC(C)=O)cc(C)c(OC(C)=O)c1OC.[Zn]. The number of ether oxygens (including phenoxy) is 4. The number of benzene rings is 1. The number of carbonyl (C=O) groups excluding carboxylic acids is 2. The van der Waals surface area contributed by atoms with Gasteiger partial charge in [0.15, 0.2) is 11.5 Å². The van der Waals surface area contributed by atoms with Crippen molar-refractivity contribution in [1.29, 1.82) is 0 Å². The molecule has 0 heterocycles. The summed E-state index contributed by atoms with van der Waals surface area (Å²) in [5.41, 5.74) is 0.587. The zero-order valence-corrected chi connectivity index (χ0v) is 15.2. The Kier molecular flexibility index (Phi) is 7.21. The fraction of sp³-hybridized carbons (Fsp3) is 0.385. The first-order valence-electron chi connectivity index (χ1n) is 5.53. The van der Waals surface area contributed by atoms with Crippen molar-refractivity contribution in [2.75, 3.05) is 14.2 Å². The number of esters is 2. The molecule has 1 aromatic rings. The van der Waals surface area contributed by atoms with Crippen LogP contribution in [0.2, 0.25) is 0 Å².